The monoisotopic (exact) mass is 419 g/mol. The minimum Gasteiger partial charge on any atom is -0.351 e. The van der Waals surface area contributed by atoms with Crippen molar-refractivity contribution < 1.29 is 22.4 Å². The molecule has 2 aromatic heterocycles. The Hall–Kier alpha value is -2.33. The number of alkyl halides is 4. The highest BCUT2D eigenvalue weighted by Gasteiger charge is 2.34. The summed E-state index contributed by atoms with van der Waals surface area (Å²) in [6.07, 6.45) is -1.84. The summed E-state index contributed by atoms with van der Waals surface area (Å²) in [6.45, 7) is 2.15. The molecule has 0 aromatic carbocycles. The Kier molecular flexibility index (Phi) is 6.89. The molecule has 1 saturated heterocycles. The van der Waals surface area contributed by atoms with Crippen molar-refractivity contribution in [3.8, 4) is 11.3 Å². The van der Waals surface area contributed by atoms with Crippen LogP contribution in [0.15, 0.2) is 24.7 Å². The fraction of sp³-hybridized carbons (Fsp3) is 0.412. The summed E-state index contributed by atoms with van der Waals surface area (Å²) >= 11 is 0. The first-order valence-corrected chi connectivity index (χ1v) is 8.24. The van der Waals surface area contributed by atoms with Crippen molar-refractivity contribution in [2.45, 2.75) is 38.3 Å². The van der Waals surface area contributed by atoms with Gasteiger partial charge in [-0.05, 0) is 24.1 Å². The maximum absolute atomic E-state index is 13.2. The van der Waals surface area contributed by atoms with Crippen molar-refractivity contribution >= 4 is 18.3 Å². The highest BCUT2D eigenvalue weighted by Crippen LogP contribution is 2.27. The summed E-state index contributed by atoms with van der Waals surface area (Å²) in [4.78, 5) is 22.9. The van der Waals surface area contributed by atoms with E-state index in [0.29, 0.717) is 11.3 Å². The number of pyridine rings is 1. The van der Waals surface area contributed by atoms with Gasteiger partial charge in [-0.2, -0.15) is 13.2 Å². The van der Waals surface area contributed by atoms with Gasteiger partial charge >= 0.3 is 6.18 Å². The van der Waals surface area contributed by atoms with Crippen molar-refractivity contribution in [1.29, 1.82) is 0 Å². The number of hydrogen-bond donors (Lipinski definition) is 2. The number of nitrogens with one attached hydrogen (secondary N) is 2. The molecule has 1 fully saturated rings. The maximum atomic E-state index is 13.2. The molecule has 1 aliphatic heterocycles. The molecule has 1 amide bonds. The lowest BCUT2D eigenvalue weighted by Crippen LogP contribution is -2.40. The number of carbonyl (C=O) groups is 1. The van der Waals surface area contributed by atoms with E-state index in [1.165, 1.54) is 0 Å². The van der Waals surface area contributed by atoms with E-state index < -0.39 is 24.2 Å². The van der Waals surface area contributed by atoms with E-state index >= 15 is 0 Å². The van der Waals surface area contributed by atoms with Gasteiger partial charge in [-0.25, -0.2) is 14.4 Å². The summed E-state index contributed by atoms with van der Waals surface area (Å²) in [5, 5.41) is 5.54. The largest absolute Gasteiger partial charge is 0.451 e. The SMILES string of the molecule is Cc1cnc(-c2cnc(C(F)(F)F)nc2)cc1CNC(=O)[C@@H]1C[C@@H](F)CN1.Cl. The normalized spacial score (nSPS) is 19.2. The fourth-order valence-corrected chi connectivity index (χ4v) is 2.72. The van der Waals surface area contributed by atoms with E-state index in [2.05, 4.69) is 25.6 Å². The van der Waals surface area contributed by atoms with Crippen molar-refractivity contribution in [1.82, 2.24) is 25.6 Å². The van der Waals surface area contributed by atoms with Crippen molar-refractivity contribution in [2.75, 3.05) is 6.54 Å². The Morgan fingerprint density at radius 1 is 1.25 bits per heavy atom. The Morgan fingerprint density at radius 2 is 1.93 bits per heavy atom. The molecule has 2 aromatic rings. The number of hydrogen-bond acceptors (Lipinski definition) is 5. The minimum absolute atomic E-state index is 0. The van der Waals surface area contributed by atoms with E-state index in [0.717, 1.165) is 23.5 Å². The second kappa shape index (κ2) is 8.78. The summed E-state index contributed by atoms with van der Waals surface area (Å²) in [7, 11) is 0. The number of amides is 1. The Morgan fingerprint density at radius 3 is 2.50 bits per heavy atom. The molecule has 11 heteroatoms. The number of nitrogens with zero attached hydrogens (tertiary/aromatic N) is 3. The van der Waals surface area contributed by atoms with Crippen LogP contribution < -0.4 is 10.6 Å². The van der Waals surface area contributed by atoms with Crippen molar-refractivity contribution in [3.05, 3.63) is 41.6 Å². The molecule has 2 N–H and O–H groups in total. The van der Waals surface area contributed by atoms with Gasteiger partial charge in [0.25, 0.3) is 0 Å². The lowest BCUT2D eigenvalue weighted by atomic mass is 10.1. The Balaban J connectivity index is 0.00000280. The lowest BCUT2D eigenvalue weighted by Gasteiger charge is -2.13. The van der Waals surface area contributed by atoms with Crippen molar-refractivity contribution in [2.24, 2.45) is 0 Å². The summed E-state index contributed by atoms with van der Waals surface area (Å²) in [5.41, 5.74) is 2.26. The first kappa shape index (κ1) is 22.0. The first-order chi connectivity index (χ1) is 12.7. The predicted molar refractivity (Wildman–Crippen MR) is 95.4 cm³/mol. The van der Waals surface area contributed by atoms with Gasteiger partial charge in [0.2, 0.25) is 11.7 Å². The van der Waals surface area contributed by atoms with Crippen LogP contribution in [-0.2, 0) is 17.5 Å². The molecule has 28 heavy (non-hydrogen) atoms. The van der Waals surface area contributed by atoms with Gasteiger partial charge < -0.3 is 10.6 Å². The van der Waals surface area contributed by atoms with Gasteiger partial charge in [0, 0.05) is 43.7 Å². The van der Waals surface area contributed by atoms with Gasteiger partial charge in [-0.1, -0.05) is 0 Å². The van der Waals surface area contributed by atoms with Gasteiger partial charge in [-0.15, -0.1) is 12.4 Å². The maximum Gasteiger partial charge on any atom is 0.451 e. The van der Waals surface area contributed by atoms with Crippen LogP contribution in [0, 0.1) is 6.92 Å². The van der Waals surface area contributed by atoms with Crippen LogP contribution in [-0.4, -0.2) is 39.6 Å². The Labute approximate surface area is 164 Å². The summed E-state index contributed by atoms with van der Waals surface area (Å²) in [6, 6.07) is 1.09. The minimum atomic E-state index is -4.61. The average molecular weight is 420 g/mol. The molecule has 3 heterocycles. The molecule has 6 nitrogen and oxygen atoms in total. The first-order valence-electron chi connectivity index (χ1n) is 8.24. The smallest absolute Gasteiger partial charge is 0.351 e. The highest BCUT2D eigenvalue weighted by atomic mass is 35.5. The molecule has 3 rings (SSSR count). The number of halogens is 5. The zero-order valence-electron chi connectivity index (χ0n) is 14.8. The van der Waals surface area contributed by atoms with Crippen LogP contribution in [0.1, 0.15) is 23.4 Å². The van der Waals surface area contributed by atoms with Crippen LogP contribution in [0.3, 0.4) is 0 Å². The third-order valence-corrected chi connectivity index (χ3v) is 4.26. The van der Waals surface area contributed by atoms with Gasteiger partial charge in [-0.3, -0.25) is 9.78 Å². The molecule has 0 spiro atoms. The average Bonchev–Trinajstić information content (AvgIpc) is 3.07. The highest BCUT2D eigenvalue weighted by molar-refractivity contribution is 5.85. The number of rotatable bonds is 4. The van der Waals surface area contributed by atoms with Gasteiger partial charge in [0.05, 0.1) is 11.7 Å². The summed E-state index contributed by atoms with van der Waals surface area (Å²) < 4.78 is 50.8. The number of aromatic nitrogens is 3. The molecule has 152 valence electrons. The van der Waals surface area contributed by atoms with Crippen LogP contribution in [0.25, 0.3) is 11.3 Å². The molecule has 0 bridgehead atoms. The number of carbonyl (C=O) groups excluding carboxylic acids is 1. The van der Waals surface area contributed by atoms with Gasteiger partial charge in [0.15, 0.2) is 0 Å². The fourth-order valence-electron chi connectivity index (χ4n) is 2.72. The van der Waals surface area contributed by atoms with Gasteiger partial charge in [0.1, 0.15) is 6.17 Å². The number of aryl methyl sites for hydroxylation is 1. The van der Waals surface area contributed by atoms with E-state index in [9.17, 15) is 22.4 Å². The van der Waals surface area contributed by atoms with Crippen LogP contribution in [0.2, 0.25) is 0 Å². The third-order valence-electron chi connectivity index (χ3n) is 4.26. The zero-order valence-corrected chi connectivity index (χ0v) is 15.6. The van der Waals surface area contributed by atoms with Crippen LogP contribution in [0.5, 0.6) is 0 Å². The predicted octanol–water partition coefficient (Wildman–Crippen LogP) is 2.60. The van der Waals surface area contributed by atoms with E-state index in [1.807, 2.05) is 0 Å². The third kappa shape index (κ3) is 5.14. The second-order valence-electron chi connectivity index (χ2n) is 6.30. The molecule has 1 aliphatic rings. The van der Waals surface area contributed by atoms with E-state index in [1.54, 1.807) is 19.2 Å². The molecule has 0 unspecified atom stereocenters. The molecular formula is C17H18ClF4N5O. The summed E-state index contributed by atoms with van der Waals surface area (Å²) in [5.74, 6) is -1.52. The molecule has 0 saturated carbocycles. The molecule has 2 atom stereocenters. The molecule has 0 aliphatic carbocycles. The second-order valence-corrected chi connectivity index (χ2v) is 6.30. The van der Waals surface area contributed by atoms with Crippen LogP contribution >= 0.6 is 12.4 Å². The molecule has 0 radical (unpaired) electrons. The molecular weight excluding hydrogens is 402 g/mol. The Bertz CT molecular complexity index is 831. The topological polar surface area (TPSA) is 79.8 Å². The van der Waals surface area contributed by atoms with Crippen LogP contribution in [0.4, 0.5) is 17.6 Å². The van der Waals surface area contributed by atoms with E-state index in [4.69, 9.17) is 0 Å². The van der Waals surface area contributed by atoms with E-state index in [-0.39, 0.29) is 37.8 Å². The zero-order chi connectivity index (χ0) is 19.6. The lowest BCUT2D eigenvalue weighted by molar-refractivity contribution is -0.145. The van der Waals surface area contributed by atoms with Crippen molar-refractivity contribution in [3.63, 3.8) is 0 Å². The standard InChI is InChI=1S/C17H17F4N5O.ClH/c1-9-4-22-13(11-6-25-16(26-7-11)17(19,20)21)2-10(9)5-24-15(27)14-3-12(18)8-23-14;/h2,4,6-7,12,14,23H,3,5,8H2,1H3,(H,24,27);1H/t12-,14+;/m1./s1. The quantitative estimate of drug-likeness (QED) is 0.745.